The van der Waals surface area contributed by atoms with Gasteiger partial charge in [-0.3, -0.25) is 0 Å². The minimum atomic E-state index is 0. The molecule has 2 radical (unpaired) electrons. The van der Waals surface area contributed by atoms with Crippen molar-refractivity contribution >= 4 is 0 Å². The number of aromatic amines is 3. The number of quaternary nitrogens is 3. The summed E-state index contributed by atoms with van der Waals surface area (Å²) in [7, 11) is 0. The van der Waals surface area contributed by atoms with E-state index in [4.69, 9.17) is 142 Å². The third kappa shape index (κ3) is 478. The maximum atomic E-state index is 6.25. The van der Waals surface area contributed by atoms with E-state index in [1.807, 2.05) is 91.8 Å². The number of rotatable bonds is 0. The van der Waals surface area contributed by atoms with Crippen LogP contribution in [0.5, 0.6) is 0 Å². The second-order valence-corrected chi connectivity index (χ2v) is 3.23. The molecule has 20 heteroatoms. The normalized spacial score (nSPS) is 3.57. The predicted molar refractivity (Wildman–Crippen MR) is 147 cm³/mol. The largest absolute Gasteiger partial charge is 3.00 e. The Morgan fingerprint density at radius 2 is 0.298 bits per heavy atom. The quantitative estimate of drug-likeness (QED) is 0.221. The van der Waals surface area contributed by atoms with Crippen LogP contribution in [0.3, 0.4) is 0 Å². The van der Waals surface area contributed by atoms with Gasteiger partial charge >= 0.3 is 34.1 Å². The van der Waals surface area contributed by atoms with Gasteiger partial charge in [-0.25, -0.2) is 15.0 Å². The van der Waals surface area contributed by atoms with Gasteiger partial charge in [-0.2, -0.15) is 0 Å². The van der Waals surface area contributed by atoms with Gasteiger partial charge in [0.15, 0.2) is 37.2 Å². The molecule has 0 aliphatic carbocycles. The van der Waals surface area contributed by atoms with E-state index in [1.54, 1.807) is 0 Å². The molecule has 0 aromatic carbocycles. The van der Waals surface area contributed by atoms with Crippen LogP contribution in [-0.2, 0) is 34.1 Å². The minimum Gasteiger partial charge on any atom is -0.512 e. The van der Waals surface area contributed by atoms with Crippen LogP contribution in [0, 0.1) is 142 Å². The molecule has 0 amide bonds. The third-order valence-electron chi connectivity index (χ3n) is 1.82. The Bertz CT molecular complexity index is 697. The zero-order valence-electron chi connectivity index (χ0n) is 25.2. The van der Waals surface area contributed by atoms with E-state index in [2.05, 4.69) is 15.0 Å². The summed E-state index contributed by atoms with van der Waals surface area (Å²) >= 11 is 0. The summed E-state index contributed by atoms with van der Waals surface area (Å²) in [5.41, 5.74) is 0. The summed E-state index contributed by atoms with van der Waals surface area (Å²) < 4.78 is 0. The molecule has 0 aliphatic heterocycles. The zero-order chi connectivity index (χ0) is 36.7. The van der Waals surface area contributed by atoms with Crippen LogP contribution >= 0.6 is 0 Å². The van der Waals surface area contributed by atoms with Crippen LogP contribution in [0.25, 0.3) is 0 Å². The van der Waals surface area contributed by atoms with E-state index >= 15 is 0 Å². The topological polar surface area (TPSA) is 437 Å². The third-order valence-corrected chi connectivity index (χ3v) is 1.82. The van der Waals surface area contributed by atoms with Crippen molar-refractivity contribution < 1.29 is 49.1 Å². The molecule has 47 heavy (non-hydrogen) atoms. The van der Waals surface area contributed by atoms with Crippen LogP contribution in [0.2, 0.25) is 0 Å². The number of aromatic nitrogens is 3. The van der Waals surface area contributed by atoms with Gasteiger partial charge in [-0.15, -0.1) is 0 Å². The molecule has 18 nitrogen and oxygen atoms in total. The van der Waals surface area contributed by atoms with Crippen molar-refractivity contribution in [2.45, 2.75) is 0 Å². The van der Waals surface area contributed by atoms with Crippen LogP contribution in [0.4, 0.5) is 0 Å². The van der Waals surface area contributed by atoms with Crippen molar-refractivity contribution in [3.8, 4) is 0 Å². The first-order chi connectivity index (χ1) is 21.0. The first-order valence-corrected chi connectivity index (χ1v) is 8.42. The van der Waals surface area contributed by atoms with Crippen molar-refractivity contribution in [2.24, 2.45) is 0 Å². The van der Waals surface area contributed by atoms with E-state index in [0.717, 1.165) is 0 Å². The summed E-state index contributed by atoms with van der Waals surface area (Å²) in [6.07, 6.45) is 11.2. The summed E-state index contributed by atoms with van der Waals surface area (Å²) in [5.74, 6) is 0. The smallest absolute Gasteiger partial charge is 0.512 e. The van der Waals surface area contributed by atoms with Gasteiger partial charge in [-0.05, 0) is 0 Å². The summed E-state index contributed by atoms with van der Waals surface area (Å²) in [6, 6.07) is 17.6. The molecule has 3 rings (SSSR count). The Balaban J connectivity index is -0.0000000141. The standard InChI is InChI=1S/3C5H5N.12CN.2Fe.3H3N/c3*1-2-4-6-5-3-1;12*1-2;;;;;/h3*1-5H;;;;;;;;;;;;;;;3*1H3/q;;;12*-1;2*+3;;;/p+6. The van der Waals surface area contributed by atoms with Crippen molar-refractivity contribution in [1.82, 2.24) is 18.5 Å². The fourth-order valence-corrected chi connectivity index (χ4v) is 1.03. The Kier molecular flexibility index (Phi) is 1250. The molecule has 0 aliphatic rings. The zero-order valence-corrected chi connectivity index (χ0v) is 27.4. The minimum absolute atomic E-state index is 0. The van der Waals surface area contributed by atoms with E-state index in [1.165, 1.54) is 0 Å². The Hall–Kier alpha value is -7.75. The molecular weight excluding hydrogens is 688 g/mol. The van der Waals surface area contributed by atoms with E-state index in [0.29, 0.717) is 0 Å². The van der Waals surface area contributed by atoms with Gasteiger partial charge < -0.3 is 160 Å². The molecule has 0 atom stereocenters. The maximum absolute atomic E-state index is 6.25. The van der Waals surface area contributed by atoms with E-state index < -0.39 is 0 Å². The first-order valence-electron chi connectivity index (χ1n) is 8.42. The summed E-state index contributed by atoms with van der Waals surface area (Å²) in [6.45, 7) is 57.0. The predicted octanol–water partition coefficient (Wildman–Crippen LogP) is 3.78. The summed E-state index contributed by atoms with van der Waals surface area (Å²) in [4.78, 5) is 8.68. The van der Waals surface area contributed by atoms with Gasteiger partial charge in [-0.1, -0.05) is 18.2 Å². The van der Waals surface area contributed by atoms with Crippen molar-refractivity contribution in [1.29, 1.82) is 63.1 Å². The number of hydrogen-bond donors (Lipinski definition) is 3. The van der Waals surface area contributed by atoms with Crippen LogP contribution in [-0.4, -0.2) is 0 Å². The molecule has 0 spiro atoms. The SMILES string of the molecule is [C-]#N.[C-]#N.[C-]#N.[C-]#N.[C-]#N.[C-]#N.[C-]#N.[C-]#N.[C-]#N.[C-]#N.[C-]#N.[C-]#N.[Fe+3].[Fe+3].[NH4+].[NH4+].[NH4+].c1cc[nH+]cc1.c1cc[nH+]cc1.c1cc[nH+]cc1. The number of nitrogens with zero attached hydrogens (tertiary/aromatic N) is 12. The molecule has 0 bridgehead atoms. The fraction of sp³-hybridized carbons (Fsp3) is 0. The van der Waals surface area contributed by atoms with E-state index in [9.17, 15) is 0 Å². The monoisotopic (exact) mass is 718 g/mol. The van der Waals surface area contributed by atoms with Crippen LogP contribution in [0.1, 0.15) is 0 Å². The molecule has 0 saturated carbocycles. The van der Waals surface area contributed by atoms with Gasteiger partial charge in [0.1, 0.15) is 0 Å². The first kappa shape index (κ1) is 116. The Morgan fingerprint density at radius 3 is 0.319 bits per heavy atom. The molecule has 0 unspecified atom stereocenters. The average Bonchev–Trinajstić information content (AvgIpc) is 3.20. The Labute approximate surface area is 300 Å². The van der Waals surface area contributed by atoms with Crippen molar-refractivity contribution in [2.75, 3.05) is 0 Å². The Morgan fingerprint density at radius 1 is 0.213 bits per heavy atom. The number of hydrogen-bond acceptors (Lipinski definition) is 12. The van der Waals surface area contributed by atoms with Crippen LogP contribution in [0.15, 0.2) is 91.8 Å². The molecule has 0 saturated heterocycles. The molecule has 3 aromatic heterocycles. The molecule has 3 heterocycles. The molecule has 244 valence electrons. The maximum Gasteiger partial charge on any atom is 3.00 e. The molecular formula is C27H30Fe2N18. The van der Waals surface area contributed by atoms with Gasteiger partial charge in [0, 0.05) is 36.4 Å². The number of H-pyrrole nitrogens is 3. The van der Waals surface area contributed by atoms with Gasteiger partial charge in [0.05, 0.1) is 0 Å². The molecule has 0 fully saturated rings. The molecule has 15 N–H and O–H groups in total. The second-order valence-electron chi connectivity index (χ2n) is 3.23. The average molecular weight is 718 g/mol. The number of pyridine rings is 3. The van der Waals surface area contributed by atoms with Crippen LogP contribution < -0.4 is 33.4 Å². The number of nitrogens with one attached hydrogen (secondary N) is 3. The van der Waals surface area contributed by atoms with Gasteiger partial charge in [0.2, 0.25) is 0 Å². The summed E-state index contributed by atoms with van der Waals surface area (Å²) in [5, 5.41) is 75.0. The molecule has 3 aromatic rings. The van der Waals surface area contributed by atoms with Crippen molar-refractivity contribution in [3.05, 3.63) is 171 Å². The second kappa shape index (κ2) is 505. The van der Waals surface area contributed by atoms with Gasteiger partial charge in [0.25, 0.3) is 0 Å². The van der Waals surface area contributed by atoms with E-state index in [-0.39, 0.29) is 52.6 Å². The van der Waals surface area contributed by atoms with Crippen molar-refractivity contribution in [3.63, 3.8) is 0 Å². The fourth-order valence-electron chi connectivity index (χ4n) is 1.03.